The van der Waals surface area contributed by atoms with E-state index in [0.717, 1.165) is 56.2 Å². The summed E-state index contributed by atoms with van der Waals surface area (Å²) < 4.78 is 7.35. The van der Waals surface area contributed by atoms with E-state index in [1.807, 2.05) is 52.0 Å². The highest BCUT2D eigenvalue weighted by atomic mass is 16.5. The molecule has 40 heavy (non-hydrogen) atoms. The van der Waals surface area contributed by atoms with Gasteiger partial charge < -0.3 is 30.1 Å². The molecule has 0 radical (unpaired) electrons. The molecule has 4 heterocycles. The first-order valence-electron chi connectivity index (χ1n) is 13.5. The van der Waals surface area contributed by atoms with Gasteiger partial charge in [-0.2, -0.15) is 0 Å². The Morgan fingerprint density at radius 3 is 2.15 bits per heavy atom. The van der Waals surface area contributed by atoms with Gasteiger partial charge in [-0.05, 0) is 67.7 Å². The van der Waals surface area contributed by atoms with E-state index in [2.05, 4.69) is 32.6 Å². The third kappa shape index (κ3) is 5.61. The lowest BCUT2D eigenvalue weighted by atomic mass is 10.1. The fourth-order valence-corrected chi connectivity index (χ4v) is 4.93. The van der Waals surface area contributed by atoms with Crippen molar-refractivity contribution in [2.24, 2.45) is 0 Å². The largest absolute Gasteiger partial charge is 0.378 e. The minimum absolute atomic E-state index is 0.0150. The highest BCUT2D eigenvalue weighted by Crippen LogP contribution is 2.25. The van der Waals surface area contributed by atoms with Crippen molar-refractivity contribution < 1.29 is 14.3 Å². The van der Waals surface area contributed by atoms with E-state index < -0.39 is 0 Å². The zero-order chi connectivity index (χ0) is 27.5. The highest BCUT2D eigenvalue weighted by Gasteiger charge is 2.21. The number of morpholine rings is 1. The number of carbonyl (C=O) groups excluding carboxylic acids is 2. The maximum Gasteiger partial charge on any atom is 0.323 e. The number of hydrogen-bond donors (Lipinski definition) is 2. The van der Waals surface area contributed by atoms with Crippen LogP contribution in [0.15, 0.2) is 66.9 Å². The molecule has 3 amide bonds. The molecule has 2 aromatic carbocycles. The summed E-state index contributed by atoms with van der Waals surface area (Å²) >= 11 is 0. The zero-order valence-electron chi connectivity index (χ0n) is 22.4. The molecule has 6 rings (SSSR count). The summed E-state index contributed by atoms with van der Waals surface area (Å²) in [6.45, 7) is 6.10. The van der Waals surface area contributed by atoms with Gasteiger partial charge in [-0.25, -0.2) is 14.3 Å². The number of likely N-dealkylation sites (N-methyl/N-ethyl adjacent to an activating group) is 1. The SMILES string of the molecule is CN1CCN(C(=O)c2ccc(NC(=O)Nc3ccc(-c4nc(N5CCOCC5)c5cccn5n4)cc3)cc2)CC1. The van der Waals surface area contributed by atoms with Gasteiger partial charge in [-0.15, -0.1) is 5.10 Å². The Bertz CT molecular complexity index is 1490. The number of hydrogen-bond acceptors (Lipinski definition) is 7. The normalized spacial score (nSPS) is 16.2. The number of aromatic nitrogens is 3. The lowest BCUT2D eigenvalue weighted by Crippen LogP contribution is -2.47. The Labute approximate surface area is 232 Å². The van der Waals surface area contributed by atoms with Crippen molar-refractivity contribution in [3.63, 3.8) is 0 Å². The summed E-state index contributed by atoms with van der Waals surface area (Å²) in [6, 6.07) is 18.0. The Hall–Kier alpha value is -4.48. The number of nitrogens with zero attached hydrogens (tertiary/aromatic N) is 6. The van der Waals surface area contributed by atoms with Crippen molar-refractivity contribution in [1.82, 2.24) is 24.4 Å². The van der Waals surface area contributed by atoms with Crippen LogP contribution in [-0.2, 0) is 4.74 Å². The number of fused-ring (bicyclic) bond motifs is 1. The lowest BCUT2D eigenvalue weighted by molar-refractivity contribution is 0.0664. The van der Waals surface area contributed by atoms with Crippen LogP contribution in [0.1, 0.15) is 10.4 Å². The van der Waals surface area contributed by atoms with Gasteiger partial charge >= 0.3 is 6.03 Å². The molecular formula is C29H32N8O3. The second kappa shape index (κ2) is 11.3. The first-order valence-corrected chi connectivity index (χ1v) is 13.5. The number of ether oxygens (including phenoxy) is 1. The van der Waals surface area contributed by atoms with E-state index in [-0.39, 0.29) is 11.9 Å². The lowest BCUT2D eigenvalue weighted by Gasteiger charge is -2.32. The van der Waals surface area contributed by atoms with Gasteiger partial charge in [0.25, 0.3) is 5.91 Å². The van der Waals surface area contributed by atoms with Gasteiger partial charge in [-0.3, -0.25) is 4.79 Å². The fraction of sp³-hybridized carbons (Fsp3) is 0.310. The molecular weight excluding hydrogens is 508 g/mol. The molecule has 206 valence electrons. The number of carbonyl (C=O) groups is 2. The third-order valence-corrected chi connectivity index (χ3v) is 7.26. The molecule has 2 saturated heterocycles. The summed E-state index contributed by atoms with van der Waals surface area (Å²) in [4.78, 5) is 36.5. The number of nitrogens with one attached hydrogen (secondary N) is 2. The van der Waals surface area contributed by atoms with Crippen LogP contribution >= 0.6 is 0 Å². The van der Waals surface area contributed by atoms with Crippen molar-refractivity contribution in [2.75, 3.05) is 75.1 Å². The van der Waals surface area contributed by atoms with E-state index in [1.165, 1.54) is 0 Å². The second-order valence-electron chi connectivity index (χ2n) is 10.0. The third-order valence-electron chi connectivity index (χ3n) is 7.26. The van der Waals surface area contributed by atoms with Crippen molar-refractivity contribution in [3.05, 3.63) is 72.4 Å². The second-order valence-corrected chi connectivity index (χ2v) is 10.0. The van der Waals surface area contributed by atoms with E-state index in [4.69, 9.17) is 9.72 Å². The smallest absolute Gasteiger partial charge is 0.323 e. The standard InChI is InChI=1S/C29H32N8O3/c1-34-13-15-36(16-14-34)28(38)22-6-10-24(11-7-22)31-29(39)30-23-8-4-21(5-9-23)26-32-27(35-17-19-40-20-18-35)25-3-2-12-37(25)33-26/h2-12H,13-20H2,1H3,(H2,30,31,39). The molecule has 0 spiro atoms. The average molecular weight is 541 g/mol. The van der Waals surface area contributed by atoms with Gasteiger partial charge in [0, 0.05) is 68.0 Å². The summed E-state index contributed by atoms with van der Waals surface area (Å²) in [7, 11) is 2.06. The highest BCUT2D eigenvalue weighted by molar-refractivity contribution is 6.00. The van der Waals surface area contributed by atoms with Crippen LogP contribution < -0.4 is 15.5 Å². The molecule has 11 nitrogen and oxygen atoms in total. The van der Waals surface area contributed by atoms with Crippen LogP contribution in [0.3, 0.4) is 0 Å². The van der Waals surface area contributed by atoms with E-state index in [9.17, 15) is 9.59 Å². The average Bonchev–Trinajstić information content (AvgIpc) is 3.47. The first-order chi connectivity index (χ1) is 19.5. The van der Waals surface area contributed by atoms with Crippen LogP contribution in [0, 0.1) is 0 Å². The summed E-state index contributed by atoms with van der Waals surface area (Å²) in [5, 5.41) is 10.4. The quantitative estimate of drug-likeness (QED) is 0.400. The number of rotatable bonds is 5. The van der Waals surface area contributed by atoms with Gasteiger partial charge in [0.1, 0.15) is 5.52 Å². The molecule has 2 aliphatic rings. The molecule has 2 aromatic heterocycles. The topological polar surface area (TPSA) is 107 Å². The molecule has 0 aliphatic carbocycles. The summed E-state index contributed by atoms with van der Waals surface area (Å²) in [5.74, 6) is 1.50. The number of urea groups is 1. The van der Waals surface area contributed by atoms with Crippen LogP contribution in [0.5, 0.6) is 0 Å². The number of piperazine rings is 1. The summed E-state index contributed by atoms with van der Waals surface area (Å²) in [5.41, 5.74) is 3.66. The number of benzene rings is 2. The molecule has 11 heteroatoms. The molecule has 4 aromatic rings. The van der Waals surface area contributed by atoms with Gasteiger partial charge in [0.2, 0.25) is 0 Å². The predicted molar refractivity (Wildman–Crippen MR) is 154 cm³/mol. The fourth-order valence-electron chi connectivity index (χ4n) is 4.93. The van der Waals surface area contributed by atoms with Crippen molar-refractivity contribution in [3.8, 4) is 11.4 Å². The maximum atomic E-state index is 12.8. The van der Waals surface area contributed by atoms with Crippen LogP contribution in [-0.4, -0.2) is 95.9 Å². The molecule has 2 aliphatic heterocycles. The monoisotopic (exact) mass is 540 g/mol. The summed E-state index contributed by atoms with van der Waals surface area (Å²) in [6.07, 6.45) is 1.92. The molecule has 2 fully saturated rings. The number of amides is 3. The van der Waals surface area contributed by atoms with Crippen molar-refractivity contribution in [2.45, 2.75) is 0 Å². The van der Waals surface area contributed by atoms with Crippen LogP contribution in [0.4, 0.5) is 22.0 Å². The van der Waals surface area contributed by atoms with Crippen molar-refractivity contribution >= 4 is 34.6 Å². The van der Waals surface area contributed by atoms with E-state index >= 15 is 0 Å². The molecule has 2 N–H and O–H groups in total. The predicted octanol–water partition coefficient (Wildman–Crippen LogP) is 3.26. The van der Waals surface area contributed by atoms with Gasteiger partial charge in [-0.1, -0.05) is 0 Å². The first kappa shape index (κ1) is 25.8. The molecule has 0 unspecified atom stereocenters. The van der Waals surface area contributed by atoms with Crippen LogP contribution in [0.2, 0.25) is 0 Å². The molecule has 0 bridgehead atoms. The Morgan fingerprint density at radius 1 is 0.825 bits per heavy atom. The van der Waals surface area contributed by atoms with Gasteiger partial charge in [0.15, 0.2) is 11.6 Å². The maximum absolute atomic E-state index is 12.8. The van der Waals surface area contributed by atoms with E-state index in [0.29, 0.717) is 36.0 Å². The molecule has 0 saturated carbocycles. The Kier molecular flexibility index (Phi) is 7.30. The molecule has 0 atom stereocenters. The zero-order valence-corrected chi connectivity index (χ0v) is 22.4. The van der Waals surface area contributed by atoms with Crippen LogP contribution in [0.25, 0.3) is 16.9 Å². The van der Waals surface area contributed by atoms with E-state index in [1.54, 1.807) is 24.3 Å². The van der Waals surface area contributed by atoms with Crippen molar-refractivity contribution in [1.29, 1.82) is 0 Å². The van der Waals surface area contributed by atoms with Gasteiger partial charge in [0.05, 0.1) is 13.2 Å². The minimum Gasteiger partial charge on any atom is -0.378 e. The Morgan fingerprint density at radius 2 is 1.48 bits per heavy atom. The minimum atomic E-state index is -0.370. The Balaban J connectivity index is 1.09. The number of anilines is 3.